The Bertz CT molecular complexity index is 748. The molecule has 0 bridgehead atoms. The van der Waals surface area contributed by atoms with E-state index in [1.54, 1.807) is 24.6 Å². The summed E-state index contributed by atoms with van der Waals surface area (Å²) < 4.78 is 10.4. The molecule has 8 nitrogen and oxygen atoms in total. The number of piperidine rings is 1. The Balaban J connectivity index is 1.49. The molecule has 27 heavy (non-hydrogen) atoms. The van der Waals surface area contributed by atoms with Crippen LogP contribution in [0.25, 0.3) is 0 Å². The molecular formula is C18H24N4O4S. The minimum Gasteiger partial charge on any atom is -0.459 e. The van der Waals surface area contributed by atoms with Gasteiger partial charge in [0.05, 0.1) is 25.0 Å². The SMILES string of the molecule is COCC1(CNC(=O)Cc2csc(NC(=O)c3ccco3)n2)CCNCC1. The first-order valence-corrected chi connectivity index (χ1v) is 9.74. The van der Waals surface area contributed by atoms with Gasteiger partial charge in [0.15, 0.2) is 10.9 Å². The number of nitrogens with zero attached hydrogens (tertiary/aromatic N) is 1. The van der Waals surface area contributed by atoms with Crippen molar-refractivity contribution in [2.45, 2.75) is 19.3 Å². The summed E-state index contributed by atoms with van der Waals surface area (Å²) in [6, 6.07) is 3.22. The van der Waals surface area contributed by atoms with Gasteiger partial charge in [-0.25, -0.2) is 4.98 Å². The van der Waals surface area contributed by atoms with Crippen LogP contribution in [-0.2, 0) is 16.0 Å². The van der Waals surface area contributed by atoms with Gasteiger partial charge >= 0.3 is 0 Å². The molecule has 1 aliphatic heterocycles. The van der Waals surface area contributed by atoms with Crippen LogP contribution in [-0.4, -0.2) is 50.1 Å². The number of aromatic nitrogens is 1. The first-order chi connectivity index (χ1) is 13.1. The molecule has 1 saturated heterocycles. The van der Waals surface area contributed by atoms with Gasteiger partial charge < -0.3 is 19.8 Å². The number of carbonyl (C=O) groups excluding carboxylic acids is 2. The molecular weight excluding hydrogens is 368 g/mol. The molecule has 2 aromatic rings. The summed E-state index contributed by atoms with van der Waals surface area (Å²) in [5.41, 5.74) is 0.609. The molecule has 0 unspecified atom stereocenters. The molecule has 9 heteroatoms. The van der Waals surface area contributed by atoms with E-state index in [-0.39, 0.29) is 29.4 Å². The van der Waals surface area contributed by atoms with Gasteiger partial charge in [0.2, 0.25) is 5.91 Å². The zero-order valence-electron chi connectivity index (χ0n) is 15.2. The standard InChI is InChI=1S/C18H24N4O4S/c1-25-12-18(4-6-19-7-5-18)11-20-15(23)9-13-10-27-17(21-13)22-16(24)14-3-2-8-26-14/h2-3,8,10,19H,4-7,9,11-12H2,1H3,(H,20,23)(H,21,22,24). The van der Waals surface area contributed by atoms with Crippen molar-refractivity contribution in [2.75, 3.05) is 38.7 Å². The maximum Gasteiger partial charge on any atom is 0.293 e. The third-order valence-corrected chi connectivity index (χ3v) is 5.44. The van der Waals surface area contributed by atoms with Crippen LogP contribution in [0.1, 0.15) is 29.1 Å². The molecule has 0 spiro atoms. The number of nitrogens with one attached hydrogen (secondary N) is 3. The molecule has 3 N–H and O–H groups in total. The van der Waals surface area contributed by atoms with Gasteiger partial charge in [-0.3, -0.25) is 14.9 Å². The molecule has 0 atom stereocenters. The largest absolute Gasteiger partial charge is 0.459 e. The summed E-state index contributed by atoms with van der Waals surface area (Å²) in [4.78, 5) is 28.6. The maximum absolute atomic E-state index is 12.3. The fraction of sp³-hybridized carbons (Fsp3) is 0.500. The van der Waals surface area contributed by atoms with E-state index in [0.717, 1.165) is 25.9 Å². The number of methoxy groups -OCH3 is 1. The molecule has 3 rings (SSSR count). The first-order valence-electron chi connectivity index (χ1n) is 8.86. The van der Waals surface area contributed by atoms with Crippen LogP contribution in [0.4, 0.5) is 5.13 Å². The Labute approximate surface area is 161 Å². The van der Waals surface area contributed by atoms with Gasteiger partial charge in [-0.05, 0) is 38.1 Å². The summed E-state index contributed by atoms with van der Waals surface area (Å²) in [6.07, 6.45) is 3.56. The summed E-state index contributed by atoms with van der Waals surface area (Å²) in [6.45, 7) is 3.09. The van der Waals surface area contributed by atoms with Gasteiger partial charge in [0.25, 0.3) is 5.91 Å². The Hall–Kier alpha value is -2.23. The summed E-state index contributed by atoms with van der Waals surface area (Å²) in [5, 5.41) is 11.2. The van der Waals surface area contributed by atoms with Crippen molar-refractivity contribution in [1.29, 1.82) is 0 Å². The maximum atomic E-state index is 12.3. The van der Waals surface area contributed by atoms with Crippen molar-refractivity contribution >= 4 is 28.3 Å². The molecule has 2 amide bonds. The van der Waals surface area contributed by atoms with Crippen molar-refractivity contribution in [2.24, 2.45) is 5.41 Å². The van der Waals surface area contributed by atoms with Crippen LogP contribution in [0.3, 0.4) is 0 Å². The fourth-order valence-corrected chi connectivity index (χ4v) is 3.87. The summed E-state index contributed by atoms with van der Waals surface area (Å²) in [7, 11) is 1.69. The lowest BCUT2D eigenvalue weighted by Crippen LogP contribution is -2.47. The van der Waals surface area contributed by atoms with Crippen molar-refractivity contribution < 1.29 is 18.7 Å². The van der Waals surface area contributed by atoms with E-state index < -0.39 is 0 Å². The van der Waals surface area contributed by atoms with Gasteiger partial charge in [-0.2, -0.15) is 0 Å². The highest BCUT2D eigenvalue weighted by Crippen LogP contribution is 2.28. The van der Waals surface area contributed by atoms with Gasteiger partial charge in [0.1, 0.15) is 0 Å². The number of thiazole rings is 1. The summed E-state index contributed by atoms with van der Waals surface area (Å²) >= 11 is 1.28. The zero-order valence-corrected chi connectivity index (χ0v) is 16.1. The van der Waals surface area contributed by atoms with Crippen molar-refractivity contribution in [3.8, 4) is 0 Å². The minimum absolute atomic E-state index is 0.0140. The van der Waals surface area contributed by atoms with Gasteiger partial charge in [-0.15, -0.1) is 11.3 Å². The smallest absolute Gasteiger partial charge is 0.293 e. The second-order valence-electron chi connectivity index (χ2n) is 6.71. The van der Waals surface area contributed by atoms with Crippen LogP contribution in [0.5, 0.6) is 0 Å². The van der Waals surface area contributed by atoms with Crippen molar-refractivity contribution in [1.82, 2.24) is 15.6 Å². The monoisotopic (exact) mass is 392 g/mol. The predicted molar refractivity (Wildman–Crippen MR) is 102 cm³/mol. The van der Waals surface area contributed by atoms with Crippen LogP contribution >= 0.6 is 11.3 Å². The molecule has 3 heterocycles. The van der Waals surface area contributed by atoms with Crippen LogP contribution in [0.2, 0.25) is 0 Å². The second kappa shape index (κ2) is 9.12. The number of amides is 2. The number of hydrogen-bond donors (Lipinski definition) is 3. The highest BCUT2D eigenvalue weighted by Gasteiger charge is 2.32. The van der Waals surface area contributed by atoms with E-state index in [9.17, 15) is 9.59 Å². The number of carbonyl (C=O) groups is 2. The van der Waals surface area contributed by atoms with E-state index in [0.29, 0.717) is 24.0 Å². The molecule has 2 aromatic heterocycles. The average Bonchev–Trinajstić information content (AvgIpc) is 3.33. The Kier molecular flexibility index (Phi) is 6.59. The lowest BCUT2D eigenvalue weighted by atomic mass is 9.79. The Morgan fingerprint density at radius 1 is 1.41 bits per heavy atom. The first kappa shape index (κ1) is 19.5. The van der Waals surface area contributed by atoms with Crippen LogP contribution in [0, 0.1) is 5.41 Å². The van der Waals surface area contributed by atoms with E-state index in [2.05, 4.69) is 20.9 Å². The van der Waals surface area contributed by atoms with Crippen molar-refractivity contribution in [3.05, 3.63) is 35.2 Å². The molecule has 0 radical (unpaired) electrons. The third kappa shape index (κ3) is 5.38. The molecule has 146 valence electrons. The van der Waals surface area contributed by atoms with E-state index in [1.165, 1.54) is 17.6 Å². The Morgan fingerprint density at radius 2 is 2.22 bits per heavy atom. The van der Waals surface area contributed by atoms with E-state index in [4.69, 9.17) is 9.15 Å². The van der Waals surface area contributed by atoms with Gasteiger partial charge in [-0.1, -0.05) is 0 Å². The van der Waals surface area contributed by atoms with E-state index in [1.807, 2.05) is 0 Å². The number of rotatable bonds is 8. The highest BCUT2D eigenvalue weighted by molar-refractivity contribution is 7.14. The topological polar surface area (TPSA) is 105 Å². The quantitative estimate of drug-likeness (QED) is 0.631. The predicted octanol–water partition coefficient (Wildman–Crippen LogP) is 1.66. The average molecular weight is 392 g/mol. The van der Waals surface area contributed by atoms with E-state index >= 15 is 0 Å². The third-order valence-electron chi connectivity index (χ3n) is 4.63. The fourth-order valence-electron chi connectivity index (χ4n) is 3.16. The molecule has 1 fully saturated rings. The second-order valence-corrected chi connectivity index (χ2v) is 7.57. The Morgan fingerprint density at radius 3 is 2.93 bits per heavy atom. The van der Waals surface area contributed by atoms with Gasteiger partial charge in [0, 0.05) is 24.4 Å². The van der Waals surface area contributed by atoms with Crippen LogP contribution in [0.15, 0.2) is 28.2 Å². The lowest BCUT2D eigenvalue weighted by molar-refractivity contribution is -0.121. The number of hydrogen-bond acceptors (Lipinski definition) is 7. The normalized spacial score (nSPS) is 16.0. The lowest BCUT2D eigenvalue weighted by Gasteiger charge is -2.37. The number of furan rings is 1. The van der Waals surface area contributed by atoms with Crippen molar-refractivity contribution in [3.63, 3.8) is 0 Å². The molecule has 1 aliphatic rings. The number of ether oxygens (including phenoxy) is 1. The van der Waals surface area contributed by atoms with Crippen LogP contribution < -0.4 is 16.0 Å². The zero-order chi connectivity index (χ0) is 19.1. The minimum atomic E-state index is -0.363. The molecule has 0 saturated carbocycles. The highest BCUT2D eigenvalue weighted by atomic mass is 32.1. The molecule has 0 aromatic carbocycles. The molecule has 0 aliphatic carbocycles. The summed E-state index contributed by atoms with van der Waals surface area (Å²) in [5.74, 6) is -0.231. The number of anilines is 1.